The van der Waals surface area contributed by atoms with Crippen molar-refractivity contribution in [2.45, 2.75) is 33.0 Å². The number of benzene rings is 3. The van der Waals surface area contributed by atoms with E-state index in [0.29, 0.717) is 35.8 Å². The van der Waals surface area contributed by atoms with Gasteiger partial charge in [0.25, 0.3) is 0 Å². The highest BCUT2D eigenvalue weighted by Crippen LogP contribution is 2.35. The molecule has 0 amide bonds. The Morgan fingerprint density at radius 1 is 1.06 bits per heavy atom. The Kier molecular flexibility index (Phi) is 5.51. The van der Waals surface area contributed by atoms with Crippen LogP contribution < -0.4 is 15.6 Å². The second-order valence-electron chi connectivity index (χ2n) is 8.72. The molecule has 1 aliphatic rings. The summed E-state index contributed by atoms with van der Waals surface area (Å²) in [6, 6.07) is 12.8. The van der Waals surface area contributed by atoms with E-state index in [0.717, 1.165) is 17.2 Å². The van der Waals surface area contributed by atoms with E-state index in [1.807, 2.05) is 4.90 Å². The van der Waals surface area contributed by atoms with E-state index in [-0.39, 0.29) is 27.8 Å². The summed E-state index contributed by atoms with van der Waals surface area (Å²) in [5.41, 5.74) is 2.74. The second kappa shape index (κ2) is 8.54. The number of carboxylic acids is 1. The first-order chi connectivity index (χ1) is 16.7. The fourth-order valence-corrected chi connectivity index (χ4v) is 4.61. The van der Waals surface area contributed by atoms with E-state index < -0.39 is 17.8 Å². The molecule has 35 heavy (non-hydrogen) atoms. The Morgan fingerprint density at radius 3 is 2.57 bits per heavy atom. The predicted octanol–water partition coefficient (Wildman–Crippen LogP) is 5.77. The summed E-state index contributed by atoms with van der Waals surface area (Å²) in [6.07, 6.45) is 0. The highest BCUT2D eigenvalue weighted by molar-refractivity contribution is 5.94. The Morgan fingerprint density at radius 2 is 1.80 bits per heavy atom. The lowest BCUT2D eigenvalue weighted by Gasteiger charge is -2.22. The largest absolute Gasteiger partial charge is 0.478 e. The molecule has 1 atom stereocenters. The monoisotopic (exact) mass is 476 g/mol. The van der Waals surface area contributed by atoms with Gasteiger partial charge < -0.3 is 19.7 Å². The van der Waals surface area contributed by atoms with E-state index in [9.17, 15) is 23.5 Å². The van der Waals surface area contributed by atoms with Crippen LogP contribution in [0.1, 0.15) is 45.6 Å². The van der Waals surface area contributed by atoms with Gasteiger partial charge in [-0.15, -0.1) is 0 Å². The van der Waals surface area contributed by atoms with Crippen molar-refractivity contribution in [1.82, 2.24) is 0 Å². The van der Waals surface area contributed by atoms with Crippen molar-refractivity contribution in [3.63, 3.8) is 0 Å². The molecule has 5 rings (SSSR count). The molecule has 6 nitrogen and oxygen atoms in total. The van der Waals surface area contributed by atoms with Crippen LogP contribution in [0.15, 0.2) is 63.8 Å². The average molecular weight is 476 g/mol. The van der Waals surface area contributed by atoms with Crippen molar-refractivity contribution in [3.05, 3.63) is 104 Å². The lowest BCUT2D eigenvalue weighted by molar-refractivity contribution is 0.0698. The normalized spacial score (nSPS) is 13.7. The van der Waals surface area contributed by atoms with E-state index in [4.69, 9.17) is 4.42 Å². The maximum absolute atomic E-state index is 14.6. The van der Waals surface area contributed by atoms with Crippen molar-refractivity contribution >= 4 is 28.5 Å². The fourth-order valence-electron chi connectivity index (χ4n) is 4.61. The summed E-state index contributed by atoms with van der Waals surface area (Å²) in [6.45, 7) is 4.18. The summed E-state index contributed by atoms with van der Waals surface area (Å²) in [7, 11) is 0. The van der Waals surface area contributed by atoms with Gasteiger partial charge in [0, 0.05) is 24.3 Å². The number of carboxylic acid groups (broad SMARTS) is 1. The Labute approximate surface area is 199 Å². The number of hydrogen-bond acceptors (Lipinski definition) is 5. The van der Waals surface area contributed by atoms with Crippen LogP contribution in [0.5, 0.6) is 0 Å². The lowest BCUT2D eigenvalue weighted by Crippen LogP contribution is -2.20. The van der Waals surface area contributed by atoms with Gasteiger partial charge in [0.05, 0.1) is 22.6 Å². The molecule has 1 unspecified atom stereocenters. The van der Waals surface area contributed by atoms with E-state index >= 15 is 0 Å². The number of hydrogen-bond donors (Lipinski definition) is 2. The molecule has 0 radical (unpaired) electrons. The molecule has 3 aromatic carbocycles. The van der Waals surface area contributed by atoms with Crippen LogP contribution in [0.2, 0.25) is 0 Å². The molecule has 2 N–H and O–H groups in total. The molecule has 0 saturated heterocycles. The van der Waals surface area contributed by atoms with Gasteiger partial charge in [0.2, 0.25) is 5.88 Å². The van der Waals surface area contributed by atoms with Crippen molar-refractivity contribution in [3.8, 4) is 0 Å². The Bertz CT molecular complexity index is 1550. The van der Waals surface area contributed by atoms with Gasteiger partial charge in [-0.05, 0) is 61.4 Å². The minimum Gasteiger partial charge on any atom is -0.478 e. The number of para-hydroxylation sites is 1. The van der Waals surface area contributed by atoms with Crippen LogP contribution in [0.3, 0.4) is 0 Å². The standard InChI is InChI=1S/C27H22F2N2O4/c1-14-24(32)22-11-19(29)10-21(15(2)30-23-6-4-3-5-20(23)27(33)34)25(22)35-26(14)31-12-16-7-8-18(28)9-17(16)13-31/h3-11,15,30H,12-13H2,1-2H3,(H,33,34). The molecule has 0 fully saturated rings. The van der Waals surface area contributed by atoms with Gasteiger partial charge in [-0.1, -0.05) is 18.2 Å². The smallest absolute Gasteiger partial charge is 0.337 e. The maximum atomic E-state index is 14.6. The molecular weight excluding hydrogens is 454 g/mol. The molecule has 0 aliphatic carbocycles. The molecule has 8 heteroatoms. The highest BCUT2D eigenvalue weighted by atomic mass is 19.1. The zero-order valence-corrected chi connectivity index (χ0v) is 19.1. The number of rotatable bonds is 5. The molecule has 1 aliphatic heterocycles. The Hall–Kier alpha value is -4.20. The summed E-state index contributed by atoms with van der Waals surface area (Å²) >= 11 is 0. The highest BCUT2D eigenvalue weighted by Gasteiger charge is 2.26. The number of aromatic carboxylic acids is 1. The first-order valence-corrected chi connectivity index (χ1v) is 11.1. The summed E-state index contributed by atoms with van der Waals surface area (Å²) < 4.78 is 34.5. The SMILES string of the molecule is Cc1c(N2Cc3ccc(F)cc3C2)oc2c(C(C)Nc3ccccc3C(=O)O)cc(F)cc2c1=O. The number of carbonyl (C=O) groups is 1. The van der Waals surface area contributed by atoms with E-state index in [2.05, 4.69) is 5.32 Å². The number of nitrogens with one attached hydrogen (secondary N) is 1. The molecule has 1 aromatic heterocycles. The van der Waals surface area contributed by atoms with Crippen LogP contribution >= 0.6 is 0 Å². The number of anilines is 2. The lowest BCUT2D eigenvalue weighted by atomic mass is 10.0. The molecule has 2 heterocycles. The maximum Gasteiger partial charge on any atom is 0.337 e. The first-order valence-electron chi connectivity index (χ1n) is 11.1. The van der Waals surface area contributed by atoms with Gasteiger partial charge in [-0.2, -0.15) is 0 Å². The van der Waals surface area contributed by atoms with E-state index in [1.165, 1.54) is 24.3 Å². The van der Waals surface area contributed by atoms with Crippen LogP contribution in [-0.4, -0.2) is 11.1 Å². The third kappa shape index (κ3) is 4.01. The summed E-state index contributed by atoms with van der Waals surface area (Å²) in [5.74, 6) is -1.69. The Balaban J connectivity index is 1.60. The zero-order chi connectivity index (χ0) is 24.9. The summed E-state index contributed by atoms with van der Waals surface area (Å²) in [5, 5.41) is 12.7. The number of nitrogens with zero attached hydrogens (tertiary/aromatic N) is 1. The third-order valence-electron chi connectivity index (χ3n) is 6.36. The quantitative estimate of drug-likeness (QED) is 0.381. The third-order valence-corrected chi connectivity index (χ3v) is 6.36. The minimum absolute atomic E-state index is 0.0695. The molecular formula is C27H22F2N2O4. The zero-order valence-electron chi connectivity index (χ0n) is 19.1. The van der Waals surface area contributed by atoms with Crippen LogP contribution in [0.25, 0.3) is 11.0 Å². The van der Waals surface area contributed by atoms with Gasteiger partial charge in [-0.3, -0.25) is 4.79 Å². The number of halogens is 2. The van der Waals surface area contributed by atoms with Gasteiger partial charge in [0.15, 0.2) is 5.43 Å². The number of fused-ring (bicyclic) bond motifs is 2. The molecule has 0 spiro atoms. The molecule has 178 valence electrons. The second-order valence-corrected chi connectivity index (χ2v) is 8.72. The van der Waals surface area contributed by atoms with Crippen molar-refractivity contribution < 1.29 is 23.1 Å². The van der Waals surface area contributed by atoms with Gasteiger partial charge in [-0.25, -0.2) is 13.6 Å². The first kappa shape index (κ1) is 22.6. The van der Waals surface area contributed by atoms with E-state index in [1.54, 1.807) is 38.1 Å². The van der Waals surface area contributed by atoms with Crippen LogP contribution in [0.4, 0.5) is 20.4 Å². The van der Waals surface area contributed by atoms with Gasteiger partial charge in [0.1, 0.15) is 17.2 Å². The predicted molar refractivity (Wildman–Crippen MR) is 129 cm³/mol. The van der Waals surface area contributed by atoms with Crippen LogP contribution in [0, 0.1) is 18.6 Å². The average Bonchev–Trinajstić information content (AvgIpc) is 3.24. The van der Waals surface area contributed by atoms with Crippen molar-refractivity contribution in [1.29, 1.82) is 0 Å². The summed E-state index contributed by atoms with van der Waals surface area (Å²) in [4.78, 5) is 26.7. The van der Waals surface area contributed by atoms with Crippen molar-refractivity contribution in [2.24, 2.45) is 0 Å². The molecule has 0 saturated carbocycles. The van der Waals surface area contributed by atoms with Crippen molar-refractivity contribution in [2.75, 3.05) is 10.2 Å². The minimum atomic E-state index is -1.10. The van der Waals surface area contributed by atoms with Crippen LogP contribution in [-0.2, 0) is 13.1 Å². The fraction of sp³-hybridized carbons (Fsp3) is 0.185. The topological polar surface area (TPSA) is 82.8 Å². The molecule has 4 aromatic rings. The van der Waals surface area contributed by atoms with Gasteiger partial charge >= 0.3 is 5.97 Å². The molecule has 0 bridgehead atoms.